The van der Waals surface area contributed by atoms with E-state index in [9.17, 15) is 9.59 Å². The molecule has 4 nitrogen and oxygen atoms in total. The highest BCUT2D eigenvalue weighted by Crippen LogP contribution is 2.15. The molecule has 0 bridgehead atoms. The van der Waals surface area contributed by atoms with Crippen LogP contribution in [0.5, 0.6) is 0 Å². The van der Waals surface area contributed by atoms with Gasteiger partial charge in [0.15, 0.2) is 0 Å². The first kappa shape index (κ1) is 21.2. The summed E-state index contributed by atoms with van der Waals surface area (Å²) >= 11 is 3.43. The first-order valence-electron chi connectivity index (χ1n) is 9.29. The lowest BCUT2D eigenvalue weighted by Crippen LogP contribution is -2.49. The van der Waals surface area contributed by atoms with Gasteiger partial charge < -0.3 is 10.2 Å². The number of carbonyl (C=O) groups excluding carboxylic acids is 2. The van der Waals surface area contributed by atoms with Crippen molar-refractivity contribution in [1.29, 1.82) is 0 Å². The summed E-state index contributed by atoms with van der Waals surface area (Å²) < 4.78 is 0.982. The van der Waals surface area contributed by atoms with Gasteiger partial charge in [-0.05, 0) is 43.5 Å². The maximum atomic E-state index is 13.0. The number of benzene rings is 2. The second-order valence-corrected chi connectivity index (χ2v) is 7.72. The molecule has 2 atom stereocenters. The topological polar surface area (TPSA) is 49.4 Å². The largest absolute Gasteiger partial charge is 0.352 e. The van der Waals surface area contributed by atoms with E-state index in [0.717, 1.165) is 22.0 Å². The number of hydrogen-bond acceptors (Lipinski definition) is 2. The van der Waals surface area contributed by atoms with Crippen molar-refractivity contribution in [3.63, 3.8) is 0 Å². The van der Waals surface area contributed by atoms with Crippen LogP contribution in [0, 0.1) is 0 Å². The Morgan fingerprint density at radius 2 is 1.63 bits per heavy atom. The number of rotatable bonds is 8. The van der Waals surface area contributed by atoms with Gasteiger partial charge in [-0.2, -0.15) is 0 Å². The van der Waals surface area contributed by atoms with E-state index in [-0.39, 0.29) is 24.3 Å². The van der Waals surface area contributed by atoms with E-state index < -0.39 is 6.04 Å². The standard InChI is InChI=1S/C22H27BrN2O2/c1-4-16(2)24-22(27)17(3)25(15-19-10-12-20(23)13-11-19)21(26)14-18-8-6-5-7-9-18/h5-13,16-17H,4,14-15H2,1-3H3,(H,24,27)/t16-,17+/m0/s1. The second kappa shape index (κ2) is 10.3. The Morgan fingerprint density at radius 3 is 2.22 bits per heavy atom. The lowest BCUT2D eigenvalue weighted by molar-refractivity contribution is -0.140. The third-order valence-corrected chi connectivity index (χ3v) is 5.16. The van der Waals surface area contributed by atoms with Crippen LogP contribution < -0.4 is 5.32 Å². The molecule has 27 heavy (non-hydrogen) atoms. The van der Waals surface area contributed by atoms with Crippen molar-refractivity contribution in [3.8, 4) is 0 Å². The Kier molecular flexibility index (Phi) is 8.04. The number of nitrogens with zero attached hydrogens (tertiary/aromatic N) is 1. The highest BCUT2D eigenvalue weighted by Gasteiger charge is 2.26. The summed E-state index contributed by atoms with van der Waals surface area (Å²) in [4.78, 5) is 27.3. The summed E-state index contributed by atoms with van der Waals surface area (Å²) in [6.45, 7) is 6.18. The fourth-order valence-electron chi connectivity index (χ4n) is 2.71. The van der Waals surface area contributed by atoms with Crippen molar-refractivity contribution < 1.29 is 9.59 Å². The van der Waals surface area contributed by atoms with E-state index in [1.165, 1.54) is 0 Å². The summed E-state index contributed by atoms with van der Waals surface area (Å²) in [5.74, 6) is -0.182. The lowest BCUT2D eigenvalue weighted by atomic mass is 10.1. The van der Waals surface area contributed by atoms with Gasteiger partial charge in [-0.25, -0.2) is 0 Å². The first-order valence-corrected chi connectivity index (χ1v) is 10.1. The van der Waals surface area contributed by atoms with Gasteiger partial charge in [-0.1, -0.05) is 65.3 Å². The highest BCUT2D eigenvalue weighted by atomic mass is 79.9. The molecule has 144 valence electrons. The zero-order valence-electron chi connectivity index (χ0n) is 16.1. The third-order valence-electron chi connectivity index (χ3n) is 4.63. The SMILES string of the molecule is CC[C@H](C)NC(=O)[C@@H](C)N(Cc1ccc(Br)cc1)C(=O)Cc1ccccc1. The molecule has 2 aromatic carbocycles. The number of halogens is 1. The predicted octanol–water partition coefficient (Wildman–Crippen LogP) is 4.32. The molecule has 0 unspecified atom stereocenters. The number of hydrogen-bond donors (Lipinski definition) is 1. The average molecular weight is 431 g/mol. The molecule has 0 aliphatic carbocycles. The van der Waals surface area contributed by atoms with Crippen LogP contribution in [-0.2, 0) is 22.6 Å². The molecule has 0 fully saturated rings. The molecule has 2 amide bonds. The lowest BCUT2D eigenvalue weighted by Gasteiger charge is -2.30. The summed E-state index contributed by atoms with van der Waals surface area (Å²) in [6, 6.07) is 17.0. The Balaban J connectivity index is 2.19. The van der Waals surface area contributed by atoms with Crippen molar-refractivity contribution in [3.05, 3.63) is 70.2 Å². The van der Waals surface area contributed by atoms with Gasteiger partial charge in [-0.3, -0.25) is 9.59 Å². The quantitative estimate of drug-likeness (QED) is 0.677. The molecule has 0 aliphatic heterocycles. The summed E-state index contributed by atoms with van der Waals surface area (Å²) in [6.07, 6.45) is 1.13. The molecule has 0 aliphatic rings. The molecule has 1 N–H and O–H groups in total. The van der Waals surface area contributed by atoms with Crippen molar-refractivity contribution in [2.24, 2.45) is 0 Å². The zero-order chi connectivity index (χ0) is 19.8. The number of amides is 2. The molecule has 2 rings (SSSR count). The van der Waals surface area contributed by atoms with Crippen molar-refractivity contribution in [2.45, 2.75) is 52.2 Å². The van der Waals surface area contributed by atoms with Crippen LogP contribution in [0.3, 0.4) is 0 Å². The molecule has 0 saturated carbocycles. The van der Waals surface area contributed by atoms with E-state index >= 15 is 0 Å². The van der Waals surface area contributed by atoms with Crippen LogP contribution in [0.2, 0.25) is 0 Å². The summed E-state index contributed by atoms with van der Waals surface area (Å²) in [5, 5.41) is 2.98. The normalized spacial score (nSPS) is 12.9. The fourth-order valence-corrected chi connectivity index (χ4v) is 2.97. The Labute approximate surface area is 170 Å². The smallest absolute Gasteiger partial charge is 0.242 e. The second-order valence-electron chi connectivity index (χ2n) is 6.80. The molecular weight excluding hydrogens is 404 g/mol. The van der Waals surface area contributed by atoms with E-state index in [4.69, 9.17) is 0 Å². The Bertz CT molecular complexity index is 747. The zero-order valence-corrected chi connectivity index (χ0v) is 17.7. The molecule has 0 spiro atoms. The van der Waals surface area contributed by atoms with Gasteiger partial charge in [-0.15, -0.1) is 0 Å². The molecule has 0 aromatic heterocycles. The van der Waals surface area contributed by atoms with Crippen LogP contribution in [0.25, 0.3) is 0 Å². The molecule has 2 aromatic rings. The minimum atomic E-state index is -0.543. The maximum absolute atomic E-state index is 13.0. The van der Waals surface area contributed by atoms with Gasteiger partial charge in [0.25, 0.3) is 0 Å². The minimum absolute atomic E-state index is 0.0593. The highest BCUT2D eigenvalue weighted by molar-refractivity contribution is 9.10. The molecule has 5 heteroatoms. The van der Waals surface area contributed by atoms with Gasteiger partial charge in [0.2, 0.25) is 11.8 Å². The van der Waals surface area contributed by atoms with Crippen LogP contribution in [0.1, 0.15) is 38.3 Å². The van der Waals surface area contributed by atoms with Crippen molar-refractivity contribution >= 4 is 27.7 Å². The molecule has 0 heterocycles. The number of nitrogens with one attached hydrogen (secondary N) is 1. The molecular formula is C22H27BrN2O2. The van der Waals surface area contributed by atoms with E-state index in [2.05, 4.69) is 21.2 Å². The predicted molar refractivity (Wildman–Crippen MR) is 112 cm³/mol. The average Bonchev–Trinajstić information content (AvgIpc) is 2.67. The monoisotopic (exact) mass is 430 g/mol. The minimum Gasteiger partial charge on any atom is -0.352 e. The van der Waals surface area contributed by atoms with Gasteiger partial charge >= 0.3 is 0 Å². The van der Waals surface area contributed by atoms with E-state index in [0.29, 0.717) is 6.54 Å². The maximum Gasteiger partial charge on any atom is 0.242 e. The summed E-state index contributed by atoms with van der Waals surface area (Å²) in [5.41, 5.74) is 1.93. The summed E-state index contributed by atoms with van der Waals surface area (Å²) in [7, 11) is 0. The Hall–Kier alpha value is -2.14. The van der Waals surface area contributed by atoms with Crippen molar-refractivity contribution in [2.75, 3.05) is 0 Å². The van der Waals surface area contributed by atoms with E-state index in [1.54, 1.807) is 11.8 Å². The van der Waals surface area contributed by atoms with Gasteiger partial charge in [0.05, 0.1) is 6.42 Å². The van der Waals surface area contributed by atoms with Gasteiger partial charge in [0, 0.05) is 17.1 Å². The Morgan fingerprint density at radius 1 is 1.00 bits per heavy atom. The van der Waals surface area contributed by atoms with Crippen LogP contribution in [0.15, 0.2) is 59.1 Å². The first-order chi connectivity index (χ1) is 12.9. The van der Waals surface area contributed by atoms with Crippen molar-refractivity contribution in [1.82, 2.24) is 10.2 Å². The van der Waals surface area contributed by atoms with E-state index in [1.807, 2.05) is 68.4 Å². The molecule has 0 radical (unpaired) electrons. The fraction of sp³-hybridized carbons (Fsp3) is 0.364. The third kappa shape index (κ3) is 6.51. The van der Waals surface area contributed by atoms with Crippen LogP contribution in [0.4, 0.5) is 0 Å². The van der Waals surface area contributed by atoms with Crippen LogP contribution in [-0.4, -0.2) is 28.8 Å². The van der Waals surface area contributed by atoms with Crippen LogP contribution >= 0.6 is 15.9 Å². The number of carbonyl (C=O) groups is 2. The van der Waals surface area contributed by atoms with Gasteiger partial charge in [0.1, 0.15) is 6.04 Å². The molecule has 0 saturated heterocycles.